The van der Waals surface area contributed by atoms with Gasteiger partial charge < -0.3 is 9.88 Å². The van der Waals surface area contributed by atoms with Crippen molar-refractivity contribution in [1.29, 1.82) is 0 Å². The van der Waals surface area contributed by atoms with Gasteiger partial charge in [-0.05, 0) is 42.0 Å². The summed E-state index contributed by atoms with van der Waals surface area (Å²) < 4.78 is 29.2. The lowest BCUT2D eigenvalue weighted by Gasteiger charge is -2.07. The van der Waals surface area contributed by atoms with Crippen molar-refractivity contribution in [1.82, 2.24) is 4.57 Å². The molecular formula is C22H18ClF2N3O2S. The van der Waals surface area contributed by atoms with E-state index in [2.05, 4.69) is 5.32 Å². The number of halogens is 3. The summed E-state index contributed by atoms with van der Waals surface area (Å²) in [5, 5.41) is 15.4. The lowest BCUT2D eigenvalue weighted by Crippen LogP contribution is -1.99. The number of aromatic nitrogens is 1. The predicted octanol–water partition coefficient (Wildman–Crippen LogP) is 6.49. The van der Waals surface area contributed by atoms with Gasteiger partial charge in [0.1, 0.15) is 11.6 Å². The molecule has 160 valence electrons. The highest BCUT2D eigenvalue weighted by Gasteiger charge is 2.17. The largest absolute Gasteiger partial charge is 0.388 e. The minimum atomic E-state index is -0.633. The maximum absolute atomic E-state index is 13.6. The van der Waals surface area contributed by atoms with Crippen molar-refractivity contribution in [2.75, 3.05) is 12.4 Å². The van der Waals surface area contributed by atoms with Crippen LogP contribution in [0.2, 0.25) is 0 Å². The molecule has 0 spiro atoms. The highest BCUT2D eigenvalue weighted by Crippen LogP contribution is 2.40. The van der Waals surface area contributed by atoms with Crippen molar-refractivity contribution in [3.05, 3.63) is 94.2 Å². The summed E-state index contributed by atoms with van der Waals surface area (Å²) in [5.41, 5.74) is 2.26. The zero-order valence-corrected chi connectivity index (χ0v) is 18.0. The second-order valence-electron chi connectivity index (χ2n) is 6.71. The molecule has 0 aliphatic rings. The third kappa shape index (κ3) is 4.81. The molecule has 1 N–H and O–H groups in total. The molecule has 4 rings (SSSR count). The first-order chi connectivity index (χ1) is 14.4. The molecule has 0 fully saturated rings. The van der Waals surface area contributed by atoms with Crippen LogP contribution >= 0.6 is 24.2 Å². The average Bonchev–Trinajstić information content (AvgIpc) is 3.04. The van der Waals surface area contributed by atoms with Crippen molar-refractivity contribution in [2.24, 2.45) is 0 Å². The Morgan fingerprint density at radius 3 is 2.42 bits per heavy atom. The molecular weight excluding hydrogens is 444 g/mol. The molecule has 0 amide bonds. The number of anilines is 1. The Morgan fingerprint density at radius 1 is 1.03 bits per heavy atom. The zero-order valence-electron chi connectivity index (χ0n) is 16.3. The topological polar surface area (TPSA) is 60.1 Å². The summed E-state index contributed by atoms with van der Waals surface area (Å²) in [5.74, 6) is -1.27. The maximum atomic E-state index is 13.6. The number of benzene rings is 3. The van der Waals surface area contributed by atoms with Crippen LogP contribution in [0.3, 0.4) is 0 Å². The summed E-state index contributed by atoms with van der Waals surface area (Å²) in [6, 6.07) is 15.8. The molecule has 0 aliphatic carbocycles. The Labute approximate surface area is 187 Å². The molecule has 0 saturated heterocycles. The standard InChI is InChI=1S/C22H17F2N3O2S.ClH/c1-25-17-6-7-18-20(11-17)26(12-14-8-15(23)10-16(24)9-14)13-22(18)30-21-5-3-2-4-19(21)27(28)29;/h2-11,13,25H,12H2,1H3;1H. The van der Waals surface area contributed by atoms with E-state index >= 15 is 0 Å². The molecule has 0 bridgehead atoms. The number of para-hydroxylation sites is 1. The van der Waals surface area contributed by atoms with Crippen molar-refractivity contribution in [2.45, 2.75) is 16.3 Å². The van der Waals surface area contributed by atoms with Crippen molar-refractivity contribution in [3.8, 4) is 0 Å². The van der Waals surface area contributed by atoms with E-state index in [0.29, 0.717) is 10.5 Å². The van der Waals surface area contributed by atoms with E-state index in [1.807, 2.05) is 29.0 Å². The van der Waals surface area contributed by atoms with Gasteiger partial charge in [-0.3, -0.25) is 10.1 Å². The quantitative estimate of drug-likeness (QED) is 0.263. The smallest absolute Gasteiger partial charge is 0.283 e. The second kappa shape index (κ2) is 9.36. The average molecular weight is 462 g/mol. The molecule has 0 aliphatic heterocycles. The Balaban J connectivity index is 0.00000272. The van der Waals surface area contributed by atoms with E-state index in [4.69, 9.17) is 0 Å². The van der Waals surface area contributed by atoms with Crippen LogP contribution in [0.4, 0.5) is 20.2 Å². The van der Waals surface area contributed by atoms with Crippen LogP contribution in [-0.4, -0.2) is 16.5 Å². The highest BCUT2D eigenvalue weighted by molar-refractivity contribution is 7.99. The molecule has 9 heteroatoms. The van der Waals surface area contributed by atoms with Gasteiger partial charge in [-0.25, -0.2) is 8.78 Å². The molecule has 4 aromatic rings. The number of hydrogen-bond donors (Lipinski definition) is 1. The molecule has 5 nitrogen and oxygen atoms in total. The second-order valence-corrected chi connectivity index (χ2v) is 7.79. The molecule has 1 aromatic heterocycles. The maximum Gasteiger partial charge on any atom is 0.283 e. The van der Waals surface area contributed by atoms with Crippen LogP contribution in [-0.2, 0) is 6.54 Å². The molecule has 0 saturated carbocycles. The van der Waals surface area contributed by atoms with Crippen LogP contribution in [0.1, 0.15) is 5.56 Å². The number of fused-ring (bicyclic) bond motifs is 1. The first-order valence-electron chi connectivity index (χ1n) is 9.11. The SMILES string of the molecule is CNc1ccc2c(Sc3ccccc3[N+](=O)[O-])cn(Cc3cc(F)cc(F)c3)c2c1.Cl. The molecule has 0 atom stereocenters. The van der Waals surface area contributed by atoms with Gasteiger partial charge in [0.15, 0.2) is 0 Å². The van der Waals surface area contributed by atoms with Gasteiger partial charge in [-0.1, -0.05) is 23.9 Å². The Morgan fingerprint density at radius 2 is 1.74 bits per heavy atom. The van der Waals surface area contributed by atoms with E-state index in [1.165, 1.54) is 30.0 Å². The fourth-order valence-electron chi connectivity index (χ4n) is 3.34. The number of nitro groups is 1. The van der Waals surface area contributed by atoms with E-state index in [9.17, 15) is 18.9 Å². The number of nitrogens with zero attached hydrogens (tertiary/aromatic N) is 2. The fourth-order valence-corrected chi connectivity index (χ4v) is 4.43. The summed E-state index contributed by atoms with van der Waals surface area (Å²) in [7, 11) is 1.80. The monoisotopic (exact) mass is 461 g/mol. The summed E-state index contributed by atoms with van der Waals surface area (Å²) in [6.07, 6.45) is 1.86. The van der Waals surface area contributed by atoms with Gasteiger partial charge in [0.25, 0.3) is 5.69 Å². The first-order valence-corrected chi connectivity index (χ1v) is 9.93. The highest BCUT2D eigenvalue weighted by atomic mass is 35.5. The van der Waals surface area contributed by atoms with Crippen LogP contribution in [0.5, 0.6) is 0 Å². The van der Waals surface area contributed by atoms with E-state index in [-0.39, 0.29) is 24.6 Å². The normalized spacial score (nSPS) is 10.7. The third-order valence-electron chi connectivity index (χ3n) is 4.69. The molecule has 1 heterocycles. The summed E-state index contributed by atoms with van der Waals surface area (Å²) in [6.45, 7) is 0.260. The Hall–Kier alpha value is -3.10. The van der Waals surface area contributed by atoms with Gasteiger partial charge >= 0.3 is 0 Å². The van der Waals surface area contributed by atoms with Gasteiger partial charge in [0.05, 0.1) is 15.3 Å². The number of rotatable bonds is 6. The predicted molar refractivity (Wildman–Crippen MR) is 121 cm³/mol. The first kappa shape index (κ1) is 22.6. The molecule has 0 unspecified atom stereocenters. The van der Waals surface area contributed by atoms with Crippen LogP contribution in [0.25, 0.3) is 10.9 Å². The van der Waals surface area contributed by atoms with Gasteiger partial charge in [-0.15, -0.1) is 12.4 Å². The van der Waals surface area contributed by atoms with Crippen LogP contribution < -0.4 is 5.32 Å². The Bertz CT molecular complexity index is 1240. The van der Waals surface area contributed by atoms with Crippen molar-refractivity contribution >= 4 is 46.4 Å². The van der Waals surface area contributed by atoms with Crippen LogP contribution in [0, 0.1) is 21.7 Å². The zero-order chi connectivity index (χ0) is 21.3. The molecule has 3 aromatic carbocycles. The van der Waals surface area contributed by atoms with E-state index < -0.39 is 16.6 Å². The lowest BCUT2D eigenvalue weighted by molar-refractivity contribution is -0.387. The Kier molecular flexibility index (Phi) is 6.82. The minimum Gasteiger partial charge on any atom is -0.388 e. The lowest BCUT2D eigenvalue weighted by atomic mass is 10.2. The van der Waals surface area contributed by atoms with Gasteiger partial charge in [0, 0.05) is 47.9 Å². The molecule has 0 radical (unpaired) electrons. The van der Waals surface area contributed by atoms with Gasteiger partial charge in [0.2, 0.25) is 0 Å². The van der Waals surface area contributed by atoms with E-state index in [0.717, 1.165) is 27.6 Å². The number of nitrogens with one attached hydrogen (secondary N) is 1. The number of hydrogen-bond acceptors (Lipinski definition) is 4. The van der Waals surface area contributed by atoms with Crippen molar-refractivity contribution < 1.29 is 13.7 Å². The summed E-state index contributed by atoms with van der Waals surface area (Å²) >= 11 is 1.29. The van der Waals surface area contributed by atoms with Crippen molar-refractivity contribution in [3.63, 3.8) is 0 Å². The molecule has 31 heavy (non-hydrogen) atoms. The third-order valence-corrected chi connectivity index (χ3v) is 5.80. The fraction of sp³-hybridized carbons (Fsp3) is 0.0909. The summed E-state index contributed by atoms with van der Waals surface area (Å²) in [4.78, 5) is 12.3. The number of nitro benzene ring substituents is 1. The minimum absolute atomic E-state index is 0. The van der Waals surface area contributed by atoms with Gasteiger partial charge in [-0.2, -0.15) is 0 Å². The van der Waals surface area contributed by atoms with E-state index in [1.54, 1.807) is 25.2 Å². The van der Waals surface area contributed by atoms with Crippen LogP contribution in [0.15, 0.2) is 76.7 Å².